The average molecular weight is 350 g/mol. The molecule has 0 aliphatic rings. The molecule has 0 saturated carbocycles. The number of carbonyl (C=O) groups is 1. The van der Waals surface area contributed by atoms with Crippen molar-refractivity contribution >= 4 is 28.7 Å². The van der Waals surface area contributed by atoms with Gasteiger partial charge in [-0.2, -0.15) is 5.10 Å². The molecule has 1 amide bonds. The van der Waals surface area contributed by atoms with E-state index in [-0.39, 0.29) is 11.3 Å². The third kappa shape index (κ3) is 3.46. The van der Waals surface area contributed by atoms with E-state index in [1.165, 1.54) is 24.3 Å². The summed E-state index contributed by atoms with van der Waals surface area (Å²) in [5.74, 6) is -0.502. The van der Waals surface area contributed by atoms with Crippen molar-refractivity contribution in [1.82, 2.24) is 9.99 Å². The Morgan fingerprint density at radius 1 is 1.23 bits per heavy atom. The van der Waals surface area contributed by atoms with Crippen molar-refractivity contribution in [2.24, 2.45) is 5.10 Å². The minimum Gasteiger partial charge on any atom is -0.344 e. The summed E-state index contributed by atoms with van der Waals surface area (Å²) in [7, 11) is 0. The maximum atomic E-state index is 12.1. The molecular weight excluding hydrogens is 332 g/mol. The molecule has 0 atom stereocenters. The number of nitrogens with one attached hydrogen (secondary N) is 1. The molecule has 0 aliphatic carbocycles. The van der Waals surface area contributed by atoms with E-state index in [1.54, 1.807) is 6.21 Å². The van der Waals surface area contributed by atoms with Gasteiger partial charge in [-0.15, -0.1) is 0 Å². The molecule has 2 aromatic carbocycles. The third-order valence-electron chi connectivity index (χ3n) is 4.02. The van der Waals surface area contributed by atoms with Crippen LogP contribution in [0.15, 0.2) is 59.8 Å². The smallest absolute Gasteiger partial charge is 0.271 e. The van der Waals surface area contributed by atoms with E-state index in [0.717, 1.165) is 16.5 Å². The number of aromatic nitrogens is 1. The van der Waals surface area contributed by atoms with Gasteiger partial charge in [-0.3, -0.25) is 14.9 Å². The van der Waals surface area contributed by atoms with E-state index in [0.29, 0.717) is 6.04 Å². The molecule has 0 spiro atoms. The molecule has 0 saturated heterocycles. The van der Waals surface area contributed by atoms with Gasteiger partial charge in [0.2, 0.25) is 0 Å². The number of hydrogen-bond donors (Lipinski definition) is 1. The van der Waals surface area contributed by atoms with Crippen LogP contribution in [-0.2, 0) is 0 Å². The van der Waals surface area contributed by atoms with Crippen LogP contribution < -0.4 is 5.43 Å². The van der Waals surface area contributed by atoms with Crippen molar-refractivity contribution in [3.05, 3.63) is 76.0 Å². The monoisotopic (exact) mass is 350 g/mol. The van der Waals surface area contributed by atoms with E-state index >= 15 is 0 Å². The SMILES string of the molecule is CC(C)n1cc(C=NNC(=O)c2cccc([N+](=O)[O-])c2)c2ccccc21. The third-order valence-corrected chi connectivity index (χ3v) is 4.02. The van der Waals surface area contributed by atoms with Crippen LogP contribution in [0.4, 0.5) is 5.69 Å². The topological polar surface area (TPSA) is 89.5 Å². The Balaban J connectivity index is 1.81. The lowest BCUT2D eigenvalue weighted by Gasteiger charge is -2.08. The highest BCUT2D eigenvalue weighted by Crippen LogP contribution is 2.23. The molecule has 7 heteroatoms. The fourth-order valence-electron chi connectivity index (χ4n) is 2.75. The number of para-hydroxylation sites is 1. The largest absolute Gasteiger partial charge is 0.344 e. The predicted molar refractivity (Wildman–Crippen MR) is 100 cm³/mol. The van der Waals surface area contributed by atoms with Crippen molar-refractivity contribution in [1.29, 1.82) is 0 Å². The number of nitro benzene ring substituents is 1. The number of non-ortho nitro benzene ring substituents is 1. The number of fused-ring (bicyclic) bond motifs is 1. The normalized spacial score (nSPS) is 11.3. The number of carbonyl (C=O) groups excluding carboxylic acids is 1. The molecule has 1 N–H and O–H groups in total. The van der Waals surface area contributed by atoms with E-state index in [9.17, 15) is 14.9 Å². The second kappa shape index (κ2) is 7.18. The first kappa shape index (κ1) is 17.3. The molecule has 1 aromatic heterocycles. The van der Waals surface area contributed by atoms with Crippen LogP contribution >= 0.6 is 0 Å². The second-order valence-electron chi connectivity index (χ2n) is 6.11. The van der Waals surface area contributed by atoms with E-state index in [4.69, 9.17) is 0 Å². The molecule has 0 radical (unpaired) electrons. The first-order valence-electron chi connectivity index (χ1n) is 8.15. The Labute approximate surface area is 150 Å². The van der Waals surface area contributed by atoms with E-state index in [1.807, 2.05) is 30.5 Å². The summed E-state index contributed by atoms with van der Waals surface area (Å²) in [4.78, 5) is 22.4. The Morgan fingerprint density at radius 3 is 2.73 bits per heavy atom. The number of amides is 1. The minimum absolute atomic E-state index is 0.137. The van der Waals surface area contributed by atoms with Crippen LogP contribution in [0, 0.1) is 10.1 Å². The Kier molecular flexibility index (Phi) is 4.79. The maximum absolute atomic E-state index is 12.1. The first-order valence-corrected chi connectivity index (χ1v) is 8.15. The first-order chi connectivity index (χ1) is 12.5. The average Bonchev–Trinajstić information content (AvgIpc) is 3.01. The quantitative estimate of drug-likeness (QED) is 0.430. The van der Waals surface area contributed by atoms with Gasteiger partial charge in [0.25, 0.3) is 11.6 Å². The fraction of sp³-hybridized carbons (Fsp3) is 0.158. The van der Waals surface area contributed by atoms with Crippen LogP contribution in [0.5, 0.6) is 0 Å². The highest BCUT2D eigenvalue weighted by Gasteiger charge is 2.11. The minimum atomic E-state index is -0.541. The van der Waals surface area contributed by atoms with Crippen molar-refractivity contribution in [2.45, 2.75) is 19.9 Å². The summed E-state index contributed by atoms with van der Waals surface area (Å²) >= 11 is 0. The number of nitrogens with zero attached hydrogens (tertiary/aromatic N) is 3. The summed E-state index contributed by atoms with van der Waals surface area (Å²) in [6.07, 6.45) is 3.56. The number of rotatable bonds is 5. The molecule has 0 bridgehead atoms. The van der Waals surface area contributed by atoms with Crippen LogP contribution in [0.25, 0.3) is 10.9 Å². The Morgan fingerprint density at radius 2 is 2.00 bits per heavy atom. The highest BCUT2D eigenvalue weighted by molar-refractivity contribution is 6.00. The van der Waals surface area contributed by atoms with Crippen molar-refractivity contribution in [3.8, 4) is 0 Å². The van der Waals surface area contributed by atoms with E-state index in [2.05, 4.69) is 28.9 Å². The van der Waals surface area contributed by atoms with E-state index < -0.39 is 10.8 Å². The molecular formula is C19H18N4O3. The van der Waals surface area contributed by atoms with Gasteiger partial charge in [-0.25, -0.2) is 5.43 Å². The van der Waals surface area contributed by atoms with Crippen molar-refractivity contribution in [3.63, 3.8) is 0 Å². The summed E-state index contributed by atoms with van der Waals surface area (Å²) in [6, 6.07) is 13.8. The van der Waals surface area contributed by atoms with Crippen molar-refractivity contribution in [2.75, 3.05) is 0 Å². The molecule has 0 fully saturated rings. The van der Waals surface area contributed by atoms with Crippen molar-refractivity contribution < 1.29 is 9.72 Å². The molecule has 0 aliphatic heterocycles. The van der Waals surface area contributed by atoms with Gasteiger partial charge >= 0.3 is 0 Å². The van der Waals surface area contributed by atoms with Gasteiger partial charge in [0.15, 0.2) is 0 Å². The number of benzene rings is 2. The fourth-order valence-corrected chi connectivity index (χ4v) is 2.75. The second-order valence-corrected chi connectivity index (χ2v) is 6.11. The predicted octanol–water partition coefficient (Wildman–Crippen LogP) is 3.89. The van der Waals surface area contributed by atoms with Gasteiger partial charge in [-0.05, 0) is 26.0 Å². The lowest BCUT2D eigenvalue weighted by atomic mass is 10.2. The van der Waals surface area contributed by atoms with Gasteiger partial charge < -0.3 is 4.57 Å². The number of hydrogen-bond acceptors (Lipinski definition) is 4. The molecule has 26 heavy (non-hydrogen) atoms. The molecule has 132 valence electrons. The zero-order chi connectivity index (χ0) is 18.7. The van der Waals surface area contributed by atoms with Crippen LogP contribution in [-0.4, -0.2) is 21.6 Å². The summed E-state index contributed by atoms with van der Waals surface area (Å²) < 4.78 is 2.14. The van der Waals surface area contributed by atoms with Crippen LogP contribution in [0.2, 0.25) is 0 Å². The molecule has 0 unspecified atom stereocenters. The zero-order valence-electron chi connectivity index (χ0n) is 14.4. The number of nitro groups is 1. The zero-order valence-corrected chi connectivity index (χ0v) is 14.4. The Bertz CT molecular complexity index is 1000. The number of hydrazone groups is 1. The molecule has 1 heterocycles. The summed E-state index contributed by atoms with van der Waals surface area (Å²) in [5, 5.41) is 15.8. The van der Waals surface area contributed by atoms with Crippen LogP contribution in [0.1, 0.15) is 35.8 Å². The molecule has 7 nitrogen and oxygen atoms in total. The summed E-state index contributed by atoms with van der Waals surface area (Å²) in [6.45, 7) is 4.19. The highest BCUT2D eigenvalue weighted by atomic mass is 16.6. The molecule has 3 aromatic rings. The van der Waals surface area contributed by atoms with Gasteiger partial charge in [0, 0.05) is 46.4 Å². The maximum Gasteiger partial charge on any atom is 0.271 e. The van der Waals surface area contributed by atoms with Gasteiger partial charge in [0.1, 0.15) is 0 Å². The van der Waals surface area contributed by atoms with Gasteiger partial charge in [-0.1, -0.05) is 24.3 Å². The lowest BCUT2D eigenvalue weighted by molar-refractivity contribution is -0.384. The van der Waals surface area contributed by atoms with Gasteiger partial charge in [0.05, 0.1) is 11.1 Å². The Hall–Kier alpha value is -3.48. The summed E-state index contributed by atoms with van der Waals surface area (Å²) in [5.41, 5.74) is 4.43. The van der Waals surface area contributed by atoms with Crippen LogP contribution in [0.3, 0.4) is 0 Å². The molecule has 3 rings (SSSR count). The standard InChI is InChI=1S/C19H18N4O3/c1-13(2)22-12-15(17-8-3-4-9-18(17)22)11-20-21-19(24)14-6-5-7-16(10-14)23(25)26/h3-13H,1-2H3,(H,21,24). The lowest BCUT2D eigenvalue weighted by Crippen LogP contribution is -2.17.